The quantitative estimate of drug-likeness (QED) is 0.802. The van der Waals surface area contributed by atoms with Crippen LogP contribution in [0.4, 0.5) is 14.6 Å². The molecule has 0 unspecified atom stereocenters. The highest BCUT2D eigenvalue weighted by Gasteiger charge is 2.17. The first-order chi connectivity index (χ1) is 9.97. The van der Waals surface area contributed by atoms with Crippen LogP contribution >= 0.6 is 0 Å². The van der Waals surface area contributed by atoms with Crippen LogP contribution in [0.5, 0.6) is 0 Å². The van der Waals surface area contributed by atoms with E-state index in [9.17, 15) is 13.6 Å². The van der Waals surface area contributed by atoms with Gasteiger partial charge in [0.1, 0.15) is 5.82 Å². The van der Waals surface area contributed by atoms with Gasteiger partial charge in [-0.2, -0.15) is 0 Å². The zero-order valence-electron chi connectivity index (χ0n) is 12.8. The molecule has 0 aromatic carbocycles. The third-order valence-electron chi connectivity index (χ3n) is 2.95. The summed E-state index contributed by atoms with van der Waals surface area (Å²) in [6.07, 6.45) is 0.0630. The number of rotatable bonds is 8. The highest BCUT2D eigenvalue weighted by Crippen LogP contribution is 2.14. The number of nitrogens with zero attached hydrogens (tertiary/aromatic N) is 2. The molecule has 0 saturated carbocycles. The zero-order valence-corrected chi connectivity index (χ0v) is 12.8. The average Bonchev–Trinajstić information content (AvgIpc) is 2.43. The summed E-state index contributed by atoms with van der Waals surface area (Å²) in [4.78, 5) is 17.7. The lowest BCUT2D eigenvalue weighted by molar-refractivity contribution is 0.0620. The molecule has 1 heterocycles. The van der Waals surface area contributed by atoms with Gasteiger partial charge in [-0.1, -0.05) is 20.3 Å². The van der Waals surface area contributed by atoms with Gasteiger partial charge < -0.3 is 10.2 Å². The van der Waals surface area contributed by atoms with Crippen molar-refractivity contribution in [3.05, 3.63) is 23.4 Å². The molecule has 118 valence electrons. The second-order valence-corrected chi connectivity index (χ2v) is 4.99. The zero-order chi connectivity index (χ0) is 15.8. The Morgan fingerprint density at radius 1 is 1.33 bits per heavy atom. The number of halogens is 2. The number of carbonyl (C=O) groups excluding carboxylic acids is 1. The summed E-state index contributed by atoms with van der Waals surface area (Å²) in [6, 6.07) is 3.31. The number of amides is 1. The summed E-state index contributed by atoms with van der Waals surface area (Å²) in [5.41, 5.74) is 1.20. The molecule has 0 saturated heterocycles. The van der Waals surface area contributed by atoms with Crippen molar-refractivity contribution in [1.82, 2.24) is 9.88 Å². The number of anilines is 1. The van der Waals surface area contributed by atoms with Crippen molar-refractivity contribution in [1.29, 1.82) is 0 Å². The van der Waals surface area contributed by atoms with Gasteiger partial charge in [0.15, 0.2) is 0 Å². The number of aryl methyl sites for hydroxylation is 1. The molecule has 0 spiro atoms. The molecule has 21 heavy (non-hydrogen) atoms. The highest BCUT2D eigenvalue weighted by atomic mass is 19.3. The Bertz CT molecular complexity index is 466. The van der Waals surface area contributed by atoms with Crippen LogP contribution in [0, 0.1) is 0 Å². The minimum atomic E-state index is -2.53. The predicted molar refractivity (Wildman–Crippen MR) is 80.0 cm³/mol. The molecular weight excluding hydrogens is 276 g/mol. The van der Waals surface area contributed by atoms with Gasteiger partial charge in [-0.3, -0.25) is 4.79 Å². The second-order valence-electron chi connectivity index (χ2n) is 4.99. The van der Waals surface area contributed by atoms with E-state index in [0.29, 0.717) is 11.4 Å². The fourth-order valence-electron chi connectivity index (χ4n) is 1.95. The van der Waals surface area contributed by atoms with E-state index in [4.69, 9.17) is 0 Å². The van der Waals surface area contributed by atoms with E-state index in [2.05, 4.69) is 10.3 Å². The van der Waals surface area contributed by atoms with E-state index in [0.717, 1.165) is 36.4 Å². The summed E-state index contributed by atoms with van der Waals surface area (Å²) in [5.74, 6) is 0.214. The molecule has 1 N–H and O–H groups in total. The Kier molecular flexibility index (Phi) is 7.05. The van der Waals surface area contributed by atoms with Crippen LogP contribution in [-0.4, -0.2) is 42.4 Å². The standard InChI is InChI=1S/C15H23F2N3O/c1-4-6-12-8-11(9-14(19-12)18-7-5-2)15(21)20(3)10-13(16)17/h8-9,13H,4-7,10H2,1-3H3,(H,18,19). The lowest BCUT2D eigenvalue weighted by Crippen LogP contribution is -2.31. The van der Waals surface area contributed by atoms with Crippen molar-refractivity contribution in [2.75, 3.05) is 25.5 Å². The van der Waals surface area contributed by atoms with Crippen molar-refractivity contribution in [3.8, 4) is 0 Å². The first kappa shape index (κ1) is 17.3. The summed E-state index contributed by atoms with van der Waals surface area (Å²) in [5, 5.41) is 3.14. The smallest absolute Gasteiger partial charge is 0.255 e. The van der Waals surface area contributed by atoms with Crippen molar-refractivity contribution in [2.45, 2.75) is 39.5 Å². The molecule has 0 aliphatic rings. The third kappa shape index (κ3) is 5.65. The van der Waals surface area contributed by atoms with Gasteiger partial charge in [-0.05, 0) is 25.0 Å². The van der Waals surface area contributed by atoms with Gasteiger partial charge in [-0.15, -0.1) is 0 Å². The van der Waals surface area contributed by atoms with Gasteiger partial charge in [-0.25, -0.2) is 13.8 Å². The molecule has 0 radical (unpaired) electrons. The van der Waals surface area contributed by atoms with E-state index in [1.165, 1.54) is 7.05 Å². The Balaban J connectivity index is 2.97. The predicted octanol–water partition coefficient (Wildman–Crippen LogP) is 3.19. The van der Waals surface area contributed by atoms with Crippen LogP contribution in [0.3, 0.4) is 0 Å². The molecule has 0 atom stereocenters. The second kappa shape index (κ2) is 8.54. The van der Waals surface area contributed by atoms with Crippen LogP contribution in [0.1, 0.15) is 42.7 Å². The van der Waals surface area contributed by atoms with Gasteiger partial charge in [0, 0.05) is 24.8 Å². The molecule has 1 amide bonds. The average molecular weight is 299 g/mol. The fourth-order valence-corrected chi connectivity index (χ4v) is 1.95. The van der Waals surface area contributed by atoms with Crippen LogP contribution in [0.2, 0.25) is 0 Å². The van der Waals surface area contributed by atoms with Crippen molar-refractivity contribution in [2.24, 2.45) is 0 Å². The largest absolute Gasteiger partial charge is 0.370 e. The molecule has 0 bridgehead atoms. The Morgan fingerprint density at radius 2 is 2.05 bits per heavy atom. The van der Waals surface area contributed by atoms with E-state index in [1.54, 1.807) is 12.1 Å². The Labute approximate surface area is 124 Å². The van der Waals surface area contributed by atoms with Crippen LogP contribution in [0.25, 0.3) is 0 Å². The molecule has 1 rings (SSSR count). The van der Waals surface area contributed by atoms with E-state index < -0.39 is 18.9 Å². The molecule has 0 aliphatic carbocycles. The molecule has 1 aromatic heterocycles. The van der Waals surface area contributed by atoms with Crippen LogP contribution in [-0.2, 0) is 6.42 Å². The highest BCUT2D eigenvalue weighted by molar-refractivity contribution is 5.94. The number of pyridine rings is 1. The van der Waals surface area contributed by atoms with Gasteiger partial charge in [0.2, 0.25) is 0 Å². The molecule has 6 heteroatoms. The molecule has 1 aromatic rings. The van der Waals surface area contributed by atoms with E-state index in [1.807, 2.05) is 13.8 Å². The number of aromatic nitrogens is 1. The van der Waals surface area contributed by atoms with Crippen molar-refractivity contribution < 1.29 is 13.6 Å². The molecular formula is C15H23F2N3O. The van der Waals surface area contributed by atoms with E-state index >= 15 is 0 Å². The first-order valence-electron chi connectivity index (χ1n) is 7.26. The maximum atomic E-state index is 12.4. The third-order valence-corrected chi connectivity index (χ3v) is 2.95. The summed E-state index contributed by atoms with van der Waals surface area (Å²) in [7, 11) is 1.38. The number of nitrogens with one attached hydrogen (secondary N) is 1. The van der Waals surface area contributed by atoms with E-state index in [-0.39, 0.29) is 0 Å². The maximum Gasteiger partial charge on any atom is 0.255 e. The number of carbonyl (C=O) groups is 1. The van der Waals surface area contributed by atoms with Crippen LogP contribution in [0.15, 0.2) is 12.1 Å². The van der Waals surface area contributed by atoms with Crippen molar-refractivity contribution >= 4 is 11.7 Å². The maximum absolute atomic E-state index is 12.4. The molecule has 4 nitrogen and oxygen atoms in total. The Morgan fingerprint density at radius 3 is 2.62 bits per heavy atom. The van der Waals surface area contributed by atoms with Gasteiger partial charge >= 0.3 is 0 Å². The van der Waals surface area contributed by atoms with Gasteiger partial charge in [0.05, 0.1) is 6.54 Å². The molecule has 0 aliphatic heterocycles. The molecule has 0 fully saturated rings. The monoisotopic (exact) mass is 299 g/mol. The lowest BCUT2D eigenvalue weighted by Gasteiger charge is -2.17. The number of hydrogen-bond donors (Lipinski definition) is 1. The fraction of sp³-hybridized carbons (Fsp3) is 0.600. The van der Waals surface area contributed by atoms with Crippen molar-refractivity contribution in [3.63, 3.8) is 0 Å². The van der Waals surface area contributed by atoms with Crippen LogP contribution < -0.4 is 5.32 Å². The number of hydrogen-bond acceptors (Lipinski definition) is 3. The normalized spacial score (nSPS) is 10.8. The summed E-state index contributed by atoms with van der Waals surface area (Å²) >= 11 is 0. The summed E-state index contributed by atoms with van der Waals surface area (Å²) < 4.78 is 24.8. The Hall–Kier alpha value is -1.72. The first-order valence-corrected chi connectivity index (χ1v) is 7.26. The lowest BCUT2D eigenvalue weighted by atomic mass is 10.1. The minimum Gasteiger partial charge on any atom is -0.370 e. The summed E-state index contributed by atoms with van der Waals surface area (Å²) in [6.45, 7) is 4.24. The number of alkyl halides is 2. The topological polar surface area (TPSA) is 45.2 Å². The minimum absolute atomic E-state index is 0.398. The SMILES string of the molecule is CCCNc1cc(C(=O)N(C)CC(F)F)cc(CCC)n1. The van der Waals surface area contributed by atoms with Gasteiger partial charge in [0.25, 0.3) is 12.3 Å².